The molecule has 1 heterocycles. The maximum absolute atomic E-state index is 12.6. The smallest absolute Gasteiger partial charge is 0.223 e. The van der Waals surface area contributed by atoms with E-state index in [1.807, 2.05) is 25.1 Å². The predicted octanol–water partition coefficient (Wildman–Crippen LogP) is 6.13. The van der Waals surface area contributed by atoms with Crippen LogP contribution in [0.1, 0.15) is 69.4 Å². The summed E-state index contributed by atoms with van der Waals surface area (Å²) in [6, 6.07) is 14.3. The van der Waals surface area contributed by atoms with Gasteiger partial charge in [0, 0.05) is 12.5 Å². The van der Waals surface area contributed by atoms with Gasteiger partial charge in [0.2, 0.25) is 5.91 Å². The number of carbonyl (C=O) groups excluding carboxylic acids is 1. The monoisotopic (exact) mass is 435 g/mol. The molecular formula is C27H37N3O2. The van der Waals surface area contributed by atoms with Crippen LogP contribution in [0.3, 0.4) is 0 Å². The van der Waals surface area contributed by atoms with Crippen molar-refractivity contribution >= 4 is 16.9 Å². The summed E-state index contributed by atoms with van der Waals surface area (Å²) in [6.07, 6.45) is 3.64. The summed E-state index contributed by atoms with van der Waals surface area (Å²) >= 11 is 0. The van der Waals surface area contributed by atoms with Crippen molar-refractivity contribution in [2.45, 2.75) is 72.9 Å². The second-order valence-corrected chi connectivity index (χ2v) is 8.68. The number of imidazole rings is 1. The number of hydrogen-bond donors (Lipinski definition) is 1. The second-order valence-electron chi connectivity index (χ2n) is 8.68. The molecule has 1 atom stereocenters. The van der Waals surface area contributed by atoms with Gasteiger partial charge in [0.15, 0.2) is 0 Å². The molecule has 2 aromatic carbocycles. The fourth-order valence-corrected chi connectivity index (χ4v) is 4.23. The van der Waals surface area contributed by atoms with Gasteiger partial charge in [-0.05, 0) is 70.2 Å². The first kappa shape index (κ1) is 23.8. The van der Waals surface area contributed by atoms with Gasteiger partial charge in [0.1, 0.15) is 11.6 Å². The van der Waals surface area contributed by atoms with Crippen LogP contribution in [0.15, 0.2) is 42.5 Å². The van der Waals surface area contributed by atoms with Crippen LogP contribution in [0.2, 0.25) is 0 Å². The third-order valence-corrected chi connectivity index (χ3v) is 6.15. The number of fused-ring (bicyclic) bond motifs is 1. The number of para-hydroxylation sites is 2. The quantitative estimate of drug-likeness (QED) is 0.369. The van der Waals surface area contributed by atoms with Crippen molar-refractivity contribution in [3.05, 3.63) is 59.4 Å². The average molecular weight is 436 g/mol. The first-order valence-corrected chi connectivity index (χ1v) is 11.9. The van der Waals surface area contributed by atoms with E-state index in [-0.39, 0.29) is 17.9 Å². The van der Waals surface area contributed by atoms with Crippen LogP contribution in [-0.4, -0.2) is 22.1 Å². The van der Waals surface area contributed by atoms with Crippen LogP contribution in [0.5, 0.6) is 5.75 Å². The van der Waals surface area contributed by atoms with Gasteiger partial charge >= 0.3 is 0 Å². The molecule has 0 spiro atoms. The molecule has 3 rings (SSSR count). The Hall–Kier alpha value is -2.82. The normalized spacial score (nSPS) is 12.3. The Balaban J connectivity index is 1.65. The van der Waals surface area contributed by atoms with Crippen LogP contribution < -0.4 is 10.1 Å². The van der Waals surface area contributed by atoms with Gasteiger partial charge in [-0.3, -0.25) is 4.79 Å². The number of amides is 1. The zero-order valence-corrected chi connectivity index (χ0v) is 20.1. The number of aromatic nitrogens is 2. The maximum Gasteiger partial charge on any atom is 0.223 e. The Kier molecular flexibility index (Phi) is 8.32. The van der Waals surface area contributed by atoms with Gasteiger partial charge in [-0.1, -0.05) is 43.7 Å². The molecule has 0 aliphatic rings. The van der Waals surface area contributed by atoms with E-state index in [0.717, 1.165) is 54.8 Å². The van der Waals surface area contributed by atoms with E-state index in [2.05, 4.69) is 61.8 Å². The molecule has 3 aromatic rings. The van der Waals surface area contributed by atoms with Crippen molar-refractivity contribution in [1.82, 2.24) is 14.9 Å². The molecule has 0 saturated carbocycles. The minimum absolute atomic E-state index is 0.0534. The van der Waals surface area contributed by atoms with Crippen LogP contribution >= 0.6 is 0 Å². The highest BCUT2D eigenvalue weighted by molar-refractivity contribution is 5.79. The molecule has 5 heteroatoms. The van der Waals surface area contributed by atoms with Crippen LogP contribution in [-0.2, 0) is 11.3 Å². The molecule has 0 aliphatic carbocycles. The molecule has 0 saturated heterocycles. The standard InChI is InChI=1S/C27H37N3O2/c1-6-22(7-2)27(31)28-21(5)26-29-23-12-8-9-13-24(23)30(26)16-10-11-17-32-25-15-14-19(3)18-20(25)4/h8-9,12-15,18,21-22H,6-7,10-11,16-17H2,1-5H3,(H,28,31). The molecule has 0 radical (unpaired) electrons. The van der Waals surface area contributed by atoms with E-state index in [0.29, 0.717) is 6.61 Å². The third kappa shape index (κ3) is 5.70. The minimum atomic E-state index is -0.137. The maximum atomic E-state index is 12.6. The Morgan fingerprint density at radius 3 is 2.56 bits per heavy atom. The van der Waals surface area contributed by atoms with E-state index in [4.69, 9.17) is 9.72 Å². The van der Waals surface area contributed by atoms with Gasteiger partial charge in [0.05, 0.1) is 23.7 Å². The SMILES string of the molecule is CCC(CC)C(=O)NC(C)c1nc2ccccc2n1CCCCOc1ccc(C)cc1C. The van der Waals surface area contributed by atoms with E-state index < -0.39 is 0 Å². The molecule has 1 unspecified atom stereocenters. The molecule has 0 fully saturated rings. The van der Waals surface area contributed by atoms with E-state index in [1.165, 1.54) is 11.1 Å². The Labute approximate surface area is 192 Å². The van der Waals surface area contributed by atoms with E-state index >= 15 is 0 Å². The van der Waals surface area contributed by atoms with Crippen molar-refractivity contribution < 1.29 is 9.53 Å². The number of nitrogens with one attached hydrogen (secondary N) is 1. The number of aryl methyl sites for hydroxylation is 3. The number of carbonyl (C=O) groups is 1. The van der Waals surface area contributed by atoms with Crippen molar-refractivity contribution in [1.29, 1.82) is 0 Å². The molecule has 172 valence electrons. The lowest BCUT2D eigenvalue weighted by atomic mass is 10.0. The number of unbranched alkanes of at least 4 members (excludes halogenated alkanes) is 1. The molecule has 1 amide bonds. The Morgan fingerprint density at radius 2 is 1.84 bits per heavy atom. The van der Waals surface area contributed by atoms with Crippen molar-refractivity contribution in [3.63, 3.8) is 0 Å². The van der Waals surface area contributed by atoms with Crippen molar-refractivity contribution in [2.75, 3.05) is 6.61 Å². The summed E-state index contributed by atoms with van der Waals surface area (Å²) in [5, 5.41) is 3.19. The fourth-order valence-electron chi connectivity index (χ4n) is 4.23. The third-order valence-electron chi connectivity index (χ3n) is 6.15. The summed E-state index contributed by atoms with van der Waals surface area (Å²) in [7, 11) is 0. The summed E-state index contributed by atoms with van der Waals surface area (Å²) in [5.74, 6) is 2.04. The summed E-state index contributed by atoms with van der Waals surface area (Å²) in [6.45, 7) is 11.9. The number of nitrogens with zero attached hydrogens (tertiary/aromatic N) is 2. The number of hydrogen-bond acceptors (Lipinski definition) is 3. The average Bonchev–Trinajstić information content (AvgIpc) is 3.14. The lowest BCUT2D eigenvalue weighted by molar-refractivity contribution is -0.125. The summed E-state index contributed by atoms with van der Waals surface area (Å²) in [5.41, 5.74) is 4.51. The largest absolute Gasteiger partial charge is 0.493 e. The lowest BCUT2D eigenvalue weighted by Gasteiger charge is -2.19. The van der Waals surface area contributed by atoms with Gasteiger partial charge in [-0.2, -0.15) is 0 Å². The van der Waals surface area contributed by atoms with Crippen LogP contribution in [0.4, 0.5) is 0 Å². The first-order chi connectivity index (χ1) is 15.4. The molecule has 1 aromatic heterocycles. The van der Waals surface area contributed by atoms with Crippen LogP contribution in [0, 0.1) is 19.8 Å². The zero-order chi connectivity index (χ0) is 23.1. The van der Waals surface area contributed by atoms with Gasteiger partial charge in [-0.25, -0.2) is 4.98 Å². The summed E-state index contributed by atoms with van der Waals surface area (Å²) in [4.78, 5) is 17.5. The van der Waals surface area contributed by atoms with Crippen molar-refractivity contribution in [2.24, 2.45) is 5.92 Å². The van der Waals surface area contributed by atoms with Gasteiger partial charge in [-0.15, -0.1) is 0 Å². The van der Waals surface area contributed by atoms with Crippen LogP contribution in [0.25, 0.3) is 11.0 Å². The van der Waals surface area contributed by atoms with Gasteiger partial charge in [0.25, 0.3) is 0 Å². The molecule has 0 bridgehead atoms. The number of benzene rings is 2. The highest BCUT2D eigenvalue weighted by Crippen LogP contribution is 2.23. The Morgan fingerprint density at radius 1 is 1.09 bits per heavy atom. The molecular weight excluding hydrogens is 398 g/mol. The Bertz CT molecular complexity index is 1040. The number of rotatable bonds is 11. The topological polar surface area (TPSA) is 56.2 Å². The molecule has 32 heavy (non-hydrogen) atoms. The number of ether oxygens (including phenoxy) is 1. The lowest BCUT2D eigenvalue weighted by Crippen LogP contribution is -2.33. The molecule has 1 N–H and O–H groups in total. The highest BCUT2D eigenvalue weighted by Gasteiger charge is 2.21. The van der Waals surface area contributed by atoms with Gasteiger partial charge < -0.3 is 14.6 Å². The van der Waals surface area contributed by atoms with Crippen molar-refractivity contribution in [3.8, 4) is 5.75 Å². The van der Waals surface area contributed by atoms with E-state index in [1.54, 1.807) is 0 Å². The minimum Gasteiger partial charge on any atom is -0.493 e. The molecule has 0 aliphatic heterocycles. The molecule has 5 nitrogen and oxygen atoms in total. The first-order valence-electron chi connectivity index (χ1n) is 11.9. The zero-order valence-electron chi connectivity index (χ0n) is 20.1. The predicted molar refractivity (Wildman–Crippen MR) is 131 cm³/mol. The summed E-state index contributed by atoms with van der Waals surface area (Å²) < 4.78 is 8.25. The fraction of sp³-hybridized carbons (Fsp3) is 0.481. The van der Waals surface area contributed by atoms with E-state index in [9.17, 15) is 4.79 Å². The highest BCUT2D eigenvalue weighted by atomic mass is 16.5. The second kappa shape index (κ2) is 11.2.